The number of nitrogens with zero attached hydrogens (tertiary/aromatic N) is 4. The lowest BCUT2D eigenvalue weighted by atomic mass is 10.2. The molecule has 0 N–H and O–H groups in total. The Morgan fingerprint density at radius 2 is 1.55 bits per heavy atom. The van der Waals surface area contributed by atoms with Gasteiger partial charge >= 0.3 is 0 Å². The molecule has 3 rings (SSSR count). The largest absolute Gasteiger partial charge is 0.339 e. The molecule has 7 nitrogen and oxygen atoms in total. The minimum atomic E-state index is -3.88. The summed E-state index contributed by atoms with van der Waals surface area (Å²) < 4.78 is 40.5. The average Bonchev–Trinajstić information content (AvgIpc) is 2.69. The van der Waals surface area contributed by atoms with Gasteiger partial charge in [0.2, 0.25) is 15.9 Å². The number of sulfonamides is 1. The minimum absolute atomic E-state index is 0.0326. The van der Waals surface area contributed by atoms with E-state index in [0.29, 0.717) is 25.6 Å². The molecule has 0 aliphatic carbocycles. The molecule has 1 aromatic carbocycles. The quantitative estimate of drug-likeness (QED) is 0.677. The number of amides is 1. The lowest BCUT2D eigenvalue weighted by Crippen LogP contribution is -2.54. The molecular formula is C20H31FN4O3S. The Morgan fingerprint density at radius 3 is 2.14 bits per heavy atom. The van der Waals surface area contributed by atoms with Gasteiger partial charge in [-0.05, 0) is 18.1 Å². The fourth-order valence-corrected chi connectivity index (χ4v) is 5.40. The van der Waals surface area contributed by atoms with Crippen molar-refractivity contribution in [1.82, 2.24) is 19.0 Å². The van der Waals surface area contributed by atoms with Gasteiger partial charge in [0.25, 0.3) is 0 Å². The van der Waals surface area contributed by atoms with Crippen molar-refractivity contribution in [1.29, 1.82) is 0 Å². The number of hydrogen-bond acceptors (Lipinski definition) is 5. The van der Waals surface area contributed by atoms with Crippen molar-refractivity contribution >= 4 is 15.9 Å². The predicted molar refractivity (Wildman–Crippen MR) is 109 cm³/mol. The highest BCUT2D eigenvalue weighted by Crippen LogP contribution is 2.20. The van der Waals surface area contributed by atoms with Gasteiger partial charge in [-0.1, -0.05) is 26.0 Å². The normalized spacial score (nSPS) is 20.3. The summed E-state index contributed by atoms with van der Waals surface area (Å²) in [5.74, 6) is -0.0759. The average molecular weight is 427 g/mol. The number of rotatable bonds is 6. The molecule has 1 aromatic rings. The maximum atomic E-state index is 13.9. The predicted octanol–water partition coefficient (Wildman–Crippen LogP) is 0.932. The Bertz CT molecular complexity index is 802. The number of hydrogen-bond donors (Lipinski definition) is 0. The van der Waals surface area contributed by atoms with Gasteiger partial charge in [-0.15, -0.1) is 0 Å². The van der Waals surface area contributed by atoms with Crippen molar-refractivity contribution in [2.75, 3.05) is 65.4 Å². The smallest absolute Gasteiger partial charge is 0.246 e. The molecular weight excluding hydrogens is 395 g/mol. The Balaban J connectivity index is 1.48. The molecule has 0 saturated carbocycles. The molecule has 2 heterocycles. The third-order valence-electron chi connectivity index (χ3n) is 5.49. The first-order valence-corrected chi connectivity index (χ1v) is 11.7. The van der Waals surface area contributed by atoms with Gasteiger partial charge in [0.15, 0.2) is 0 Å². The molecule has 2 aliphatic heterocycles. The Hall–Kier alpha value is -1.55. The molecule has 162 valence electrons. The van der Waals surface area contributed by atoms with Gasteiger partial charge in [-0.25, -0.2) is 12.8 Å². The Labute approximate surface area is 173 Å². The molecule has 0 radical (unpaired) electrons. The summed E-state index contributed by atoms with van der Waals surface area (Å²) in [4.78, 5) is 18.7. The number of halogens is 1. The third kappa shape index (κ3) is 5.53. The highest BCUT2D eigenvalue weighted by atomic mass is 32.2. The lowest BCUT2D eigenvalue weighted by Gasteiger charge is -2.38. The molecule has 0 unspecified atom stereocenters. The van der Waals surface area contributed by atoms with Crippen molar-refractivity contribution in [2.24, 2.45) is 5.92 Å². The minimum Gasteiger partial charge on any atom is -0.339 e. The zero-order valence-electron chi connectivity index (χ0n) is 17.3. The number of carbonyl (C=O) groups excluding carboxylic acids is 1. The maximum absolute atomic E-state index is 13.9. The van der Waals surface area contributed by atoms with Crippen LogP contribution in [0.3, 0.4) is 0 Å². The number of carbonyl (C=O) groups is 1. The van der Waals surface area contributed by atoms with Gasteiger partial charge in [-0.2, -0.15) is 4.31 Å². The van der Waals surface area contributed by atoms with Crippen molar-refractivity contribution in [3.63, 3.8) is 0 Å². The standard InChI is InChI=1S/C20H31FN4O3S/c1-17(2)15-22-7-9-23(10-8-22)16-20(26)24-11-13-25(14-12-24)29(27,28)19-6-4-3-5-18(19)21/h3-6,17H,7-16H2,1-2H3. The second-order valence-electron chi connectivity index (χ2n) is 8.19. The van der Waals surface area contributed by atoms with E-state index in [1.165, 1.54) is 22.5 Å². The topological polar surface area (TPSA) is 64.2 Å². The van der Waals surface area contributed by atoms with Crippen molar-refractivity contribution in [2.45, 2.75) is 18.7 Å². The highest BCUT2D eigenvalue weighted by Gasteiger charge is 2.32. The maximum Gasteiger partial charge on any atom is 0.246 e. The van der Waals surface area contributed by atoms with Gasteiger partial charge in [0.1, 0.15) is 10.7 Å². The summed E-state index contributed by atoms with van der Waals surface area (Å²) in [6.45, 7) is 10.6. The van der Waals surface area contributed by atoms with Crippen LogP contribution in [0.5, 0.6) is 0 Å². The van der Waals surface area contributed by atoms with Crippen LogP contribution in [0, 0.1) is 11.7 Å². The van der Waals surface area contributed by atoms with E-state index in [-0.39, 0.29) is 23.9 Å². The van der Waals surface area contributed by atoms with Gasteiger partial charge in [-0.3, -0.25) is 9.69 Å². The fourth-order valence-electron chi connectivity index (χ4n) is 3.91. The van der Waals surface area contributed by atoms with E-state index in [1.807, 2.05) is 0 Å². The SMILES string of the molecule is CC(C)CN1CCN(CC(=O)N2CCN(S(=O)(=O)c3ccccc3F)CC2)CC1. The van der Waals surface area contributed by atoms with E-state index in [4.69, 9.17) is 0 Å². The molecule has 0 bridgehead atoms. The van der Waals surface area contributed by atoms with E-state index >= 15 is 0 Å². The Morgan fingerprint density at radius 1 is 0.966 bits per heavy atom. The molecule has 29 heavy (non-hydrogen) atoms. The molecule has 9 heteroatoms. The second-order valence-corrected chi connectivity index (χ2v) is 10.1. The van der Waals surface area contributed by atoms with Crippen LogP contribution < -0.4 is 0 Å². The van der Waals surface area contributed by atoms with E-state index in [0.717, 1.165) is 38.8 Å². The van der Waals surface area contributed by atoms with Crippen molar-refractivity contribution < 1.29 is 17.6 Å². The summed E-state index contributed by atoms with van der Waals surface area (Å²) in [7, 11) is -3.88. The summed E-state index contributed by atoms with van der Waals surface area (Å²) in [5.41, 5.74) is 0. The molecule has 0 aromatic heterocycles. The van der Waals surface area contributed by atoms with Crippen molar-refractivity contribution in [3.8, 4) is 0 Å². The molecule has 2 saturated heterocycles. The monoisotopic (exact) mass is 426 g/mol. The van der Waals surface area contributed by atoms with Gasteiger partial charge < -0.3 is 9.80 Å². The second kappa shape index (κ2) is 9.51. The zero-order chi connectivity index (χ0) is 21.0. The molecule has 0 spiro atoms. The first-order valence-electron chi connectivity index (χ1n) is 10.2. The van der Waals surface area contributed by atoms with E-state index in [2.05, 4.69) is 23.6 Å². The van der Waals surface area contributed by atoms with Gasteiger partial charge in [0.05, 0.1) is 6.54 Å². The Kier molecular flexibility index (Phi) is 7.26. The van der Waals surface area contributed by atoms with Gasteiger partial charge in [0, 0.05) is 58.9 Å². The zero-order valence-corrected chi connectivity index (χ0v) is 18.1. The van der Waals surface area contributed by atoms with Crippen LogP contribution in [-0.4, -0.2) is 98.8 Å². The van der Waals surface area contributed by atoms with Crippen LogP contribution in [0.15, 0.2) is 29.2 Å². The fraction of sp³-hybridized carbons (Fsp3) is 0.650. The van der Waals surface area contributed by atoms with Crippen LogP contribution in [-0.2, 0) is 14.8 Å². The summed E-state index contributed by atoms with van der Waals surface area (Å²) >= 11 is 0. The molecule has 0 atom stereocenters. The first kappa shape index (κ1) is 22.1. The van der Waals surface area contributed by atoms with Crippen LogP contribution in [0.4, 0.5) is 4.39 Å². The molecule has 1 amide bonds. The summed E-state index contributed by atoms with van der Waals surface area (Å²) in [6.07, 6.45) is 0. The van der Waals surface area contributed by atoms with Crippen LogP contribution in [0.1, 0.15) is 13.8 Å². The van der Waals surface area contributed by atoms with E-state index < -0.39 is 15.8 Å². The third-order valence-corrected chi connectivity index (χ3v) is 7.42. The summed E-state index contributed by atoms with van der Waals surface area (Å²) in [6, 6.07) is 5.40. The lowest BCUT2D eigenvalue weighted by molar-refractivity contribution is -0.134. The van der Waals surface area contributed by atoms with Crippen molar-refractivity contribution in [3.05, 3.63) is 30.1 Å². The van der Waals surface area contributed by atoms with Crippen LogP contribution in [0.25, 0.3) is 0 Å². The molecule has 2 fully saturated rings. The van der Waals surface area contributed by atoms with E-state index in [9.17, 15) is 17.6 Å². The number of piperazine rings is 2. The first-order chi connectivity index (χ1) is 13.8. The summed E-state index contributed by atoms with van der Waals surface area (Å²) in [5, 5.41) is 0. The van der Waals surface area contributed by atoms with Crippen LogP contribution in [0.2, 0.25) is 0 Å². The highest BCUT2D eigenvalue weighted by molar-refractivity contribution is 7.89. The van der Waals surface area contributed by atoms with Crippen LogP contribution >= 0.6 is 0 Å². The number of benzene rings is 1. The molecule has 2 aliphatic rings. The van der Waals surface area contributed by atoms with E-state index in [1.54, 1.807) is 4.90 Å².